The van der Waals surface area contributed by atoms with Gasteiger partial charge in [-0.3, -0.25) is 0 Å². The van der Waals surface area contributed by atoms with Gasteiger partial charge in [-0.05, 0) is 5.56 Å². The van der Waals surface area contributed by atoms with E-state index in [1.54, 1.807) is 12.1 Å². The first-order chi connectivity index (χ1) is 6.61. The molecule has 0 saturated heterocycles. The molecule has 0 unspecified atom stereocenters. The lowest BCUT2D eigenvalue weighted by Gasteiger charge is -2.09. The van der Waals surface area contributed by atoms with Crippen molar-refractivity contribution in [3.8, 4) is 0 Å². The monoisotopic (exact) mass is 194 g/mol. The molecule has 0 bridgehead atoms. The van der Waals surface area contributed by atoms with Crippen LogP contribution in [0, 0.1) is 0 Å². The van der Waals surface area contributed by atoms with E-state index in [-0.39, 0.29) is 12.2 Å². The molecule has 0 radical (unpaired) electrons. The van der Waals surface area contributed by atoms with E-state index in [4.69, 9.17) is 5.73 Å². The molecule has 0 aromatic heterocycles. The van der Waals surface area contributed by atoms with Gasteiger partial charge >= 0.3 is 6.09 Å². The van der Waals surface area contributed by atoms with Crippen molar-refractivity contribution in [2.24, 2.45) is 5.73 Å². The van der Waals surface area contributed by atoms with Crippen LogP contribution >= 0.6 is 0 Å². The Bertz CT molecular complexity index is 362. The molecule has 0 atom stereocenters. The lowest BCUT2D eigenvalue weighted by atomic mass is 10.1. The van der Waals surface area contributed by atoms with Crippen molar-refractivity contribution in [2.45, 2.75) is 6.61 Å². The molecule has 0 spiro atoms. The highest BCUT2D eigenvalue weighted by atomic mass is 16.5. The average Bonchev–Trinajstić information content (AvgIpc) is 2.15. The summed E-state index contributed by atoms with van der Waals surface area (Å²) in [5, 5.41) is 10.6. The van der Waals surface area contributed by atoms with Gasteiger partial charge in [0.2, 0.25) is 0 Å². The van der Waals surface area contributed by atoms with E-state index in [1.165, 1.54) is 12.1 Å². The lowest BCUT2D eigenvalue weighted by molar-refractivity contribution is -0.255. The van der Waals surface area contributed by atoms with Crippen LogP contribution in [0.1, 0.15) is 15.9 Å². The highest BCUT2D eigenvalue weighted by Crippen LogP contribution is 2.08. The third-order valence-corrected chi connectivity index (χ3v) is 1.61. The van der Waals surface area contributed by atoms with Gasteiger partial charge in [0.25, 0.3) is 0 Å². The molecule has 1 amide bonds. The van der Waals surface area contributed by atoms with Crippen LogP contribution in [-0.2, 0) is 11.3 Å². The number of nitrogens with two attached hydrogens (primary N) is 1. The molecule has 0 saturated carbocycles. The Morgan fingerprint density at radius 3 is 2.57 bits per heavy atom. The lowest BCUT2D eigenvalue weighted by Crippen LogP contribution is -2.24. The van der Waals surface area contributed by atoms with E-state index < -0.39 is 12.1 Å². The Hall–Kier alpha value is -2.04. The number of carboxylic acid groups (broad SMARTS) is 1. The summed E-state index contributed by atoms with van der Waals surface area (Å²) in [6.07, 6.45) is -0.946. The van der Waals surface area contributed by atoms with Crippen molar-refractivity contribution in [1.82, 2.24) is 0 Å². The van der Waals surface area contributed by atoms with Crippen LogP contribution in [0.3, 0.4) is 0 Å². The van der Waals surface area contributed by atoms with Crippen molar-refractivity contribution in [3.05, 3.63) is 35.4 Å². The van der Waals surface area contributed by atoms with Crippen LogP contribution in [0.5, 0.6) is 0 Å². The second-order valence-electron chi connectivity index (χ2n) is 2.55. The Balaban J connectivity index is 2.84. The molecule has 0 aliphatic heterocycles. The second-order valence-corrected chi connectivity index (χ2v) is 2.55. The van der Waals surface area contributed by atoms with Crippen LogP contribution < -0.4 is 10.8 Å². The number of ether oxygens (including phenoxy) is 1. The number of amides is 1. The Kier molecular flexibility index (Phi) is 3.06. The van der Waals surface area contributed by atoms with Crippen molar-refractivity contribution < 1.29 is 19.4 Å². The van der Waals surface area contributed by atoms with E-state index in [2.05, 4.69) is 4.74 Å². The Morgan fingerprint density at radius 2 is 2.00 bits per heavy atom. The van der Waals surface area contributed by atoms with E-state index >= 15 is 0 Å². The van der Waals surface area contributed by atoms with Gasteiger partial charge in [-0.25, -0.2) is 4.79 Å². The standard InChI is InChI=1S/C9H9NO4/c10-9(13)14-5-6-3-1-2-4-7(6)8(11)12/h1-4H,5H2,(H2,10,13)(H,11,12)/p-1. The zero-order valence-electron chi connectivity index (χ0n) is 7.23. The average molecular weight is 194 g/mol. The number of rotatable bonds is 3. The summed E-state index contributed by atoms with van der Waals surface area (Å²) in [4.78, 5) is 20.9. The first-order valence-corrected chi connectivity index (χ1v) is 3.82. The molecule has 0 aliphatic carbocycles. The Morgan fingerprint density at radius 1 is 1.36 bits per heavy atom. The topological polar surface area (TPSA) is 92.5 Å². The van der Waals surface area contributed by atoms with E-state index in [9.17, 15) is 14.7 Å². The number of carbonyl (C=O) groups is 2. The summed E-state index contributed by atoms with van der Waals surface area (Å²) in [7, 11) is 0. The van der Waals surface area contributed by atoms with Gasteiger partial charge in [0.1, 0.15) is 6.61 Å². The van der Waals surface area contributed by atoms with E-state index in [1.807, 2.05) is 0 Å². The fourth-order valence-corrected chi connectivity index (χ4v) is 0.994. The first-order valence-electron chi connectivity index (χ1n) is 3.82. The van der Waals surface area contributed by atoms with Crippen LogP contribution in [-0.4, -0.2) is 12.1 Å². The Labute approximate surface area is 80.1 Å². The van der Waals surface area contributed by atoms with Gasteiger partial charge in [0, 0.05) is 5.56 Å². The molecule has 1 aromatic rings. The van der Waals surface area contributed by atoms with Gasteiger partial charge in [-0.1, -0.05) is 24.3 Å². The zero-order valence-corrected chi connectivity index (χ0v) is 7.23. The van der Waals surface area contributed by atoms with Crippen molar-refractivity contribution >= 4 is 12.1 Å². The molecule has 0 heterocycles. The van der Waals surface area contributed by atoms with E-state index in [0.717, 1.165) is 0 Å². The van der Waals surface area contributed by atoms with Crippen molar-refractivity contribution in [3.63, 3.8) is 0 Å². The quantitative estimate of drug-likeness (QED) is 0.711. The summed E-state index contributed by atoms with van der Waals surface area (Å²) in [6.45, 7) is -0.167. The molecule has 5 nitrogen and oxygen atoms in total. The number of primary amides is 1. The molecule has 5 heteroatoms. The number of hydrogen-bond acceptors (Lipinski definition) is 4. The molecular formula is C9H8NO4-. The maximum atomic E-state index is 10.6. The third kappa shape index (κ3) is 2.48. The molecule has 14 heavy (non-hydrogen) atoms. The minimum Gasteiger partial charge on any atom is -0.545 e. The van der Waals surface area contributed by atoms with Gasteiger partial charge in [0.05, 0.1) is 5.97 Å². The molecule has 74 valence electrons. The van der Waals surface area contributed by atoms with Gasteiger partial charge in [-0.2, -0.15) is 0 Å². The molecule has 1 rings (SSSR count). The van der Waals surface area contributed by atoms with Gasteiger partial charge in [-0.15, -0.1) is 0 Å². The van der Waals surface area contributed by atoms with Crippen molar-refractivity contribution in [2.75, 3.05) is 0 Å². The maximum Gasteiger partial charge on any atom is 0.404 e. The fraction of sp³-hybridized carbons (Fsp3) is 0.111. The predicted octanol–water partition coefficient (Wildman–Crippen LogP) is -0.355. The summed E-state index contributed by atoms with van der Waals surface area (Å²) in [5.74, 6) is -1.31. The number of aromatic carboxylic acids is 1. The van der Waals surface area contributed by atoms with Crippen LogP contribution in [0.4, 0.5) is 4.79 Å². The largest absolute Gasteiger partial charge is 0.545 e. The first kappa shape index (κ1) is 10.0. The van der Waals surface area contributed by atoms with Gasteiger partial charge < -0.3 is 20.4 Å². The van der Waals surface area contributed by atoms with Crippen LogP contribution in [0.25, 0.3) is 0 Å². The minimum absolute atomic E-state index is 0.00579. The summed E-state index contributed by atoms with van der Waals surface area (Å²) in [6, 6.07) is 6.08. The smallest absolute Gasteiger partial charge is 0.404 e. The summed E-state index contributed by atoms with van der Waals surface area (Å²) >= 11 is 0. The number of carbonyl (C=O) groups excluding carboxylic acids is 2. The van der Waals surface area contributed by atoms with Crippen molar-refractivity contribution in [1.29, 1.82) is 0 Å². The highest BCUT2D eigenvalue weighted by Gasteiger charge is 2.03. The number of benzene rings is 1. The summed E-state index contributed by atoms with van der Waals surface area (Å²) < 4.78 is 4.47. The van der Waals surface area contributed by atoms with Gasteiger partial charge in [0.15, 0.2) is 0 Å². The normalized spacial score (nSPS) is 9.43. The van der Waals surface area contributed by atoms with Crippen LogP contribution in [0.15, 0.2) is 24.3 Å². The maximum absolute atomic E-state index is 10.6. The SMILES string of the molecule is NC(=O)OCc1ccccc1C(=O)[O-]. The summed E-state index contributed by atoms with van der Waals surface area (Å²) in [5.41, 5.74) is 5.09. The molecule has 0 fully saturated rings. The zero-order chi connectivity index (χ0) is 10.6. The molecular weight excluding hydrogens is 186 g/mol. The number of carboxylic acids is 1. The molecule has 2 N–H and O–H groups in total. The van der Waals surface area contributed by atoms with Crippen LogP contribution in [0.2, 0.25) is 0 Å². The number of hydrogen-bond donors (Lipinski definition) is 1. The third-order valence-electron chi connectivity index (χ3n) is 1.61. The second kappa shape index (κ2) is 4.27. The molecule has 0 aliphatic rings. The minimum atomic E-state index is -1.31. The predicted molar refractivity (Wildman–Crippen MR) is 45.1 cm³/mol. The fourth-order valence-electron chi connectivity index (χ4n) is 0.994. The van der Waals surface area contributed by atoms with E-state index in [0.29, 0.717) is 5.56 Å². The highest BCUT2D eigenvalue weighted by molar-refractivity contribution is 5.87. The molecule has 1 aromatic carbocycles.